The third-order valence-corrected chi connectivity index (χ3v) is 6.83. The van der Waals surface area contributed by atoms with Crippen molar-refractivity contribution in [1.29, 1.82) is 0 Å². The highest BCUT2D eigenvalue weighted by molar-refractivity contribution is 5.90. The monoisotopic (exact) mass is 918 g/mol. The average Bonchev–Trinajstić information content (AvgIpc) is 3.23. The van der Waals surface area contributed by atoms with Crippen LogP contribution in [0, 0.1) is 0 Å². The Hall–Kier alpha value is -7.30. The van der Waals surface area contributed by atoms with Crippen molar-refractivity contribution >= 4 is 59.6 Å². The maximum absolute atomic E-state index is 11.7. The summed E-state index contributed by atoms with van der Waals surface area (Å²) in [5, 5.41) is 24.2. The van der Waals surface area contributed by atoms with Crippen molar-refractivity contribution in [1.82, 2.24) is 37.2 Å². The number of amides is 7. The number of rotatable bonds is 21. The first kappa shape index (κ1) is 57.7. The number of hydrogen-bond acceptors (Lipinski definition) is 15. The number of carbonyl (C=O) groups is 10. The van der Waals surface area contributed by atoms with E-state index >= 15 is 0 Å². The van der Waals surface area contributed by atoms with E-state index in [1.165, 1.54) is 0 Å². The van der Waals surface area contributed by atoms with E-state index in [1.807, 2.05) is 45.0 Å². The zero-order chi connectivity index (χ0) is 49.3. The van der Waals surface area contributed by atoms with Crippen LogP contribution in [-0.4, -0.2) is 128 Å². The molecule has 2 rings (SSSR count). The van der Waals surface area contributed by atoms with Gasteiger partial charge in [0.25, 0.3) is 0 Å². The van der Waals surface area contributed by atoms with Gasteiger partial charge in [-0.3, -0.25) is 38.4 Å². The molecule has 360 valence electrons. The fourth-order valence-electron chi connectivity index (χ4n) is 4.08. The highest BCUT2D eigenvalue weighted by Crippen LogP contribution is 2.08. The maximum Gasteiger partial charge on any atom is 0.407 e. The molecule has 10 N–H and O–H groups in total. The summed E-state index contributed by atoms with van der Waals surface area (Å²) in [6.45, 7) is 8.98. The first-order valence-corrected chi connectivity index (χ1v) is 20.1. The van der Waals surface area contributed by atoms with Crippen LogP contribution < -0.4 is 43.0 Å². The summed E-state index contributed by atoms with van der Waals surface area (Å²) >= 11 is 0. The molecule has 0 aliphatic heterocycles. The van der Waals surface area contributed by atoms with E-state index in [-0.39, 0.29) is 70.5 Å². The molecule has 0 aliphatic rings. The van der Waals surface area contributed by atoms with Gasteiger partial charge in [0, 0.05) is 13.1 Å². The molecular weight excluding hydrogens is 857 g/mol. The minimum Gasteiger partial charge on any atom is -0.480 e. The number of esters is 2. The third-order valence-electron chi connectivity index (χ3n) is 6.83. The molecule has 0 bridgehead atoms. The summed E-state index contributed by atoms with van der Waals surface area (Å²) in [6.07, 6.45) is -1.22. The molecule has 0 atom stereocenters. The molecule has 0 aromatic heterocycles. The van der Waals surface area contributed by atoms with Crippen LogP contribution in [0.1, 0.15) is 65.5 Å². The summed E-state index contributed by atoms with van der Waals surface area (Å²) in [5.74, 6) is -4.79. The number of nitrogens with one attached hydrogen (secondary N) is 7. The smallest absolute Gasteiger partial charge is 0.407 e. The Labute approximate surface area is 377 Å². The molecule has 0 saturated carbocycles. The number of hydrogen-bond donors (Lipinski definition) is 9. The van der Waals surface area contributed by atoms with Crippen LogP contribution in [0.15, 0.2) is 60.7 Å². The lowest BCUT2D eigenvalue weighted by atomic mass is 10.2. The topological polar surface area (TPSA) is 338 Å². The van der Waals surface area contributed by atoms with Gasteiger partial charge >= 0.3 is 30.1 Å². The second-order valence-corrected chi connectivity index (χ2v) is 15.1. The van der Waals surface area contributed by atoms with E-state index in [9.17, 15) is 47.9 Å². The van der Waals surface area contributed by atoms with Crippen molar-refractivity contribution in [2.75, 3.05) is 52.4 Å². The second-order valence-electron chi connectivity index (χ2n) is 15.1. The molecule has 7 amide bonds. The van der Waals surface area contributed by atoms with E-state index < -0.39 is 65.8 Å². The second kappa shape index (κ2) is 32.4. The summed E-state index contributed by atoms with van der Waals surface area (Å²) < 4.78 is 19.9. The van der Waals surface area contributed by atoms with E-state index in [0.29, 0.717) is 13.0 Å². The van der Waals surface area contributed by atoms with Gasteiger partial charge < -0.3 is 67.0 Å². The van der Waals surface area contributed by atoms with Crippen LogP contribution >= 0.6 is 0 Å². The van der Waals surface area contributed by atoms with Crippen LogP contribution in [0.2, 0.25) is 0 Å². The van der Waals surface area contributed by atoms with Crippen LogP contribution in [0.25, 0.3) is 0 Å². The number of carbonyl (C=O) groups excluding carboxylic acids is 9. The van der Waals surface area contributed by atoms with Crippen molar-refractivity contribution in [3.63, 3.8) is 0 Å². The lowest BCUT2D eigenvalue weighted by Crippen LogP contribution is -2.44. The lowest BCUT2D eigenvalue weighted by Gasteiger charge is -2.19. The van der Waals surface area contributed by atoms with Gasteiger partial charge in [-0.25, -0.2) is 9.59 Å². The van der Waals surface area contributed by atoms with Gasteiger partial charge in [-0.1, -0.05) is 60.7 Å². The molecule has 2 aromatic rings. The molecule has 23 nitrogen and oxygen atoms in total. The quantitative estimate of drug-likeness (QED) is 0.0583. The number of alkyl carbamates (subject to hydrolysis) is 2. The van der Waals surface area contributed by atoms with Crippen molar-refractivity contribution in [2.24, 2.45) is 5.73 Å². The van der Waals surface area contributed by atoms with E-state index in [2.05, 4.69) is 37.2 Å². The van der Waals surface area contributed by atoms with Crippen LogP contribution in [0.5, 0.6) is 0 Å². The van der Waals surface area contributed by atoms with Crippen LogP contribution in [0.4, 0.5) is 9.59 Å². The predicted molar refractivity (Wildman–Crippen MR) is 232 cm³/mol. The molecule has 0 saturated heterocycles. The summed E-state index contributed by atoms with van der Waals surface area (Å²) in [4.78, 5) is 113. The molecule has 0 fully saturated rings. The molecule has 0 heterocycles. The minimum absolute atomic E-state index is 0.00774. The van der Waals surface area contributed by atoms with Crippen molar-refractivity contribution in [3.05, 3.63) is 71.8 Å². The Kier molecular flexibility index (Phi) is 28.7. The highest BCUT2D eigenvalue weighted by atomic mass is 16.6. The van der Waals surface area contributed by atoms with Gasteiger partial charge in [-0.2, -0.15) is 0 Å². The van der Waals surface area contributed by atoms with Crippen LogP contribution in [0.3, 0.4) is 0 Å². The minimum atomic E-state index is -1.19. The number of aliphatic carboxylic acids is 1. The molecule has 0 radical (unpaired) electrons. The SMILES string of the molecule is CC(C)(C)OC(=O)CCN.CC(C)(C)OC(=O)CCNC(=O)CNC(=O)CNC(=O)CNC(=O)OCc1ccccc1.O=C(O)CNC(=O)CNC(=O)CNC(=O)OCc1ccccc1. The number of carboxylic acids is 1. The van der Waals surface area contributed by atoms with Gasteiger partial charge in [-0.15, -0.1) is 0 Å². The Bertz CT molecular complexity index is 1830. The number of benzene rings is 2. The van der Waals surface area contributed by atoms with E-state index in [4.69, 9.17) is 29.8 Å². The normalized spacial score (nSPS) is 10.3. The number of ether oxygens (including phenoxy) is 4. The van der Waals surface area contributed by atoms with Crippen molar-refractivity contribution in [3.8, 4) is 0 Å². The van der Waals surface area contributed by atoms with Gasteiger partial charge in [-0.05, 0) is 52.7 Å². The first-order valence-electron chi connectivity index (χ1n) is 20.1. The fraction of sp³-hybridized carbons (Fsp3) is 0.476. The summed E-state index contributed by atoms with van der Waals surface area (Å²) in [6, 6.07) is 18.1. The lowest BCUT2D eigenvalue weighted by molar-refractivity contribution is -0.155. The van der Waals surface area contributed by atoms with E-state index in [0.717, 1.165) is 11.1 Å². The van der Waals surface area contributed by atoms with Gasteiger partial charge in [0.05, 0.1) is 32.5 Å². The highest BCUT2D eigenvalue weighted by Gasteiger charge is 2.17. The largest absolute Gasteiger partial charge is 0.480 e. The van der Waals surface area contributed by atoms with Crippen LogP contribution in [-0.2, 0) is 70.5 Å². The first-order chi connectivity index (χ1) is 30.5. The average molecular weight is 919 g/mol. The Morgan fingerprint density at radius 2 is 0.800 bits per heavy atom. The third kappa shape index (κ3) is 37.0. The Morgan fingerprint density at radius 3 is 1.14 bits per heavy atom. The molecule has 23 heteroatoms. The summed E-state index contributed by atoms with van der Waals surface area (Å²) in [5.41, 5.74) is 5.78. The number of carboxylic acid groups (broad SMARTS) is 1. The summed E-state index contributed by atoms with van der Waals surface area (Å²) in [7, 11) is 0. The van der Waals surface area contributed by atoms with Crippen molar-refractivity contribution < 1.29 is 72.0 Å². The van der Waals surface area contributed by atoms with Gasteiger partial charge in [0.15, 0.2) is 0 Å². The molecular formula is C42H62N8O15. The Balaban J connectivity index is 0.00000108. The van der Waals surface area contributed by atoms with E-state index in [1.54, 1.807) is 57.2 Å². The standard InChI is InChI=1S/C21H30N4O7.C14H17N3O6.C7H15NO2/c1-21(2,3)32-19(29)9-10-22-16(26)11-23-17(27)12-24-18(28)13-25-20(30)31-14-15-7-5-4-6-8-15;18-11(16-8-13(20)21)6-15-12(19)7-17-14(22)23-9-10-4-2-1-3-5-10;1-7(2,3)10-6(9)4-5-8/h4-8H,9-14H2,1-3H3,(H,22,26)(H,23,27)(H,24,28)(H,25,30);1-5H,6-9H2,(H,15,19)(H,16,18)(H,17,22)(H,20,21);4-5,8H2,1-3H3. The molecule has 65 heavy (non-hydrogen) atoms. The molecule has 0 unspecified atom stereocenters. The number of nitrogens with two attached hydrogens (primary N) is 1. The fourth-order valence-corrected chi connectivity index (χ4v) is 4.08. The van der Waals surface area contributed by atoms with Gasteiger partial charge in [0.1, 0.15) is 44.1 Å². The maximum atomic E-state index is 11.7. The molecule has 2 aromatic carbocycles. The molecule has 0 spiro atoms. The predicted octanol–water partition coefficient (Wildman–Crippen LogP) is -0.100. The van der Waals surface area contributed by atoms with Gasteiger partial charge in [0.2, 0.25) is 29.5 Å². The van der Waals surface area contributed by atoms with Crippen molar-refractivity contribution in [2.45, 2.75) is 78.8 Å². The zero-order valence-corrected chi connectivity index (χ0v) is 37.5. The zero-order valence-electron chi connectivity index (χ0n) is 37.5. The molecule has 0 aliphatic carbocycles. The Morgan fingerprint density at radius 1 is 0.477 bits per heavy atom.